The molecule has 170 valence electrons. The monoisotopic (exact) mass is 459 g/mol. The van der Waals surface area contributed by atoms with Gasteiger partial charge in [-0.25, -0.2) is 0 Å². The van der Waals surface area contributed by atoms with Gasteiger partial charge in [0.05, 0.1) is 30.4 Å². The number of nitrogens with zero attached hydrogens (tertiary/aromatic N) is 1. The molecule has 1 aliphatic rings. The number of Topliss-reactive ketones (excluding diaryl/α,β-unsaturated/α-hetero) is 1. The van der Waals surface area contributed by atoms with Crippen molar-refractivity contribution in [2.24, 2.45) is 0 Å². The summed E-state index contributed by atoms with van der Waals surface area (Å²) in [5.41, 5.74) is 1.02. The topological polar surface area (TPSA) is 85.3 Å². The molecule has 1 saturated heterocycles. The molecular weight excluding hydrogens is 434 g/mol. The molecular formula is C24H26ClNO6. The van der Waals surface area contributed by atoms with Crippen LogP contribution in [0.5, 0.6) is 11.5 Å². The smallest absolute Gasteiger partial charge is 0.295 e. The average Bonchev–Trinajstić information content (AvgIpc) is 3.05. The Balaban J connectivity index is 2.10. The molecule has 2 aromatic carbocycles. The maximum atomic E-state index is 13.0. The van der Waals surface area contributed by atoms with Crippen molar-refractivity contribution in [1.82, 2.24) is 4.90 Å². The van der Waals surface area contributed by atoms with E-state index in [1.54, 1.807) is 50.6 Å². The van der Waals surface area contributed by atoms with E-state index in [1.807, 2.05) is 6.92 Å². The summed E-state index contributed by atoms with van der Waals surface area (Å²) in [5, 5.41) is 11.4. The number of amides is 1. The van der Waals surface area contributed by atoms with Crippen LogP contribution in [0.3, 0.4) is 0 Å². The first-order chi connectivity index (χ1) is 15.4. The molecule has 3 rings (SSSR count). The van der Waals surface area contributed by atoms with Crippen molar-refractivity contribution in [3.05, 3.63) is 64.2 Å². The molecule has 0 spiro atoms. The van der Waals surface area contributed by atoms with Gasteiger partial charge in [0.15, 0.2) is 0 Å². The first kappa shape index (κ1) is 23.6. The van der Waals surface area contributed by atoms with E-state index in [9.17, 15) is 14.7 Å². The van der Waals surface area contributed by atoms with E-state index >= 15 is 0 Å². The molecule has 0 aliphatic carbocycles. The van der Waals surface area contributed by atoms with Gasteiger partial charge in [-0.3, -0.25) is 9.59 Å². The fourth-order valence-electron chi connectivity index (χ4n) is 3.70. The zero-order valence-corrected chi connectivity index (χ0v) is 19.0. The van der Waals surface area contributed by atoms with Gasteiger partial charge in [0.2, 0.25) is 0 Å². The SMILES string of the molecule is CCOc1ccc(/C(O)=C2\C(=O)C(=O)N(CCCOC)C2c2ccc(OC)cc2)cc1Cl. The number of aliphatic hydroxyl groups excluding tert-OH is 1. The summed E-state index contributed by atoms with van der Waals surface area (Å²) in [6.45, 7) is 3.02. The minimum Gasteiger partial charge on any atom is -0.507 e. The van der Waals surface area contributed by atoms with Crippen LogP contribution >= 0.6 is 11.6 Å². The molecule has 1 amide bonds. The van der Waals surface area contributed by atoms with Gasteiger partial charge in [-0.05, 0) is 49.2 Å². The van der Waals surface area contributed by atoms with Crippen LogP contribution in [0.15, 0.2) is 48.0 Å². The Morgan fingerprint density at radius 2 is 1.84 bits per heavy atom. The lowest BCUT2D eigenvalue weighted by Crippen LogP contribution is -2.31. The number of aliphatic hydroxyl groups is 1. The first-order valence-electron chi connectivity index (χ1n) is 10.3. The van der Waals surface area contributed by atoms with Crippen LogP contribution in [0.4, 0.5) is 0 Å². The second-order valence-electron chi connectivity index (χ2n) is 7.19. The van der Waals surface area contributed by atoms with Crippen LogP contribution < -0.4 is 9.47 Å². The summed E-state index contributed by atoms with van der Waals surface area (Å²) >= 11 is 6.28. The molecule has 8 heteroatoms. The molecule has 1 aliphatic heterocycles. The Morgan fingerprint density at radius 1 is 1.12 bits per heavy atom. The number of halogens is 1. The number of hydrogen-bond donors (Lipinski definition) is 1. The largest absolute Gasteiger partial charge is 0.507 e. The van der Waals surface area contributed by atoms with E-state index in [0.717, 1.165) is 0 Å². The maximum absolute atomic E-state index is 13.0. The average molecular weight is 460 g/mol. The van der Waals surface area contributed by atoms with Gasteiger partial charge < -0.3 is 24.2 Å². The molecule has 0 bridgehead atoms. The third-order valence-corrected chi connectivity index (χ3v) is 5.52. The number of rotatable bonds is 9. The summed E-state index contributed by atoms with van der Waals surface area (Å²) < 4.78 is 15.7. The Labute approximate surface area is 192 Å². The number of ketones is 1. The minimum absolute atomic E-state index is 0.0119. The van der Waals surface area contributed by atoms with Gasteiger partial charge in [0.1, 0.15) is 17.3 Å². The predicted octanol–water partition coefficient (Wildman–Crippen LogP) is 4.21. The summed E-state index contributed by atoms with van der Waals surface area (Å²) in [4.78, 5) is 27.3. The molecule has 1 N–H and O–H groups in total. The minimum atomic E-state index is -0.747. The third kappa shape index (κ3) is 4.74. The van der Waals surface area contributed by atoms with E-state index in [1.165, 1.54) is 11.0 Å². The van der Waals surface area contributed by atoms with Crippen molar-refractivity contribution < 1.29 is 28.9 Å². The Kier molecular flexibility index (Phi) is 7.77. The number of carbonyl (C=O) groups excluding carboxylic acids is 2. The van der Waals surface area contributed by atoms with E-state index in [4.69, 9.17) is 25.8 Å². The van der Waals surface area contributed by atoms with Gasteiger partial charge in [0, 0.05) is 25.8 Å². The number of methoxy groups -OCH3 is 2. The standard InChI is InChI=1S/C24H26ClNO6/c1-4-32-19-11-8-16(14-18(19)25)22(27)20-21(15-6-9-17(31-3)10-7-15)26(12-5-13-30-2)24(29)23(20)28/h6-11,14,21,27H,4-5,12-13H2,1-3H3/b22-20+. The predicted molar refractivity (Wildman–Crippen MR) is 121 cm³/mol. The van der Waals surface area contributed by atoms with E-state index < -0.39 is 17.7 Å². The van der Waals surface area contributed by atoms with Gasteiger partial charge in [-0.1, -0.05) is 23.7 Å². The lowest BCUT2D eigenvalue weighted by Gasteiger charge is -2.25. The highest BCUT2D eigenvalue weighted by atomic mass is 35.5. The number of likely N-dealkylation sites (tertiary alicyclic amines) is 1. The van der Waals surface area contributed by atoms with Gasteiger partial charge >= 0.3 is 0 Å². The molecule has 0 saturated carbocycles. The number of carbonyl (C=O) groups is 2. The summed E-state index contributed by atoms with van der Waals surface area (Å²) in [6, 6.07) is 11.0. The molecule has 1 fully saturated rings. The summed E-state index contributed by atoms with van der Waals surface area (Å²) in [7, 11) is 3.13. The molecule has 0 radical (unpaired) electrons. The van der Waals surface area contributed by atoms with E-state index in [0.29, 0.717) is 53.8 Å². The second-order valence-corrected chi connectivity index (χ2v) is 7.60. The van der Waals surface area contributed by atoms with Crippen molar-refractivity contribution >= 4 is 29.1 Å². The first-order valence-corrected chi connectivity index (χ1v) is 10.6. The molecule has 32 heavy (non-hydrogen) atoms. The Hall–Kier alpha value is -3.03. The molecule has 2 aromatic rings. The van der Waals surface area contributed by atoms with Crippen molar-refractivity contribution in [3.63, 3.8) is 0 Å². The van der Waals surface area contributed by atoms with Crippen LogP contribution in [0.2, 0.25) is 5.02 Å². The lowest BCUT2D eigenvalue weighted by molar-refractivity contribution is -0.140. The Bertz CT molecular complexity index is 1020. The van der Waals surface area contributed by atoms with Crippen molar-refractivity contribution in [2.75, 3.05) is 34.0 Å². The van der Waals surface area contributed by atoms with E-state index in [-0.39, 0.29) is 11.3 Å². The van der Waals surface area contributed by atoms with Crippen LogP contribution in [0.1, 0.15) is 30.5 Å². The van der Waals surface area contributed by atoms with Crippen molar-refractivity contribution in [3.8, 4) is 11.5 Å². The highest BCUT2D eigenvalue weighted by Crippen LogP contribution is 2.40. The second kappa shape index (κ2) is 10.5. The van der Waals surface area contributed by atoms with Crippen LogP contribution in [0.25, 0.3) is 5.76 Å². The molecule has 1 unspecified atom stereocenters. The third-order valence-electron chi connectivity index (χ3n) is 5.22. The molecule has 0 aromatic heterocycles. The highest BCUT2D eigenvalue weighted by Gasteiger charge is 2.45. The van der Waals surface area contributed by atoms with Gasteiger partial charge in [0.25, 0.3) is 11.7 Å². The zero-order valence-electron chi connectivity index (χ0n) is 18.3. The zero-order chi connectivity index (χ0) is 23.3. The highest BCUT2D eigenvalue weighted by molar-refractivity contribution is 6.46. The molecule has 1 heterocycles. The maximum Gasteiger partial charge on any atom is 0.295 e. The van der Waals surface area contributed by atoms with E-state index in [2.05, 4.69) is 0 Å². The number of ether oxygens (including phenoxy) is 3. The number of benzene rings is 2. The quantitative estimate of drug-likeness (QED) is 0.262. The fourth-order valence-corrected chi connectivity index (χ4v) is 3.93. The van der Waals surface area contributed by atoms with Crippen molar-refractivity contribution in [2.45, 2.75) is 19.4 Å². The number of hydrogen-bond acceptors (Lipinski definition) is 6. The van der Waals surface area contributed by atoms with Crippen LogP contribution in [-0.2, 0) is 14.3 Å². The fraction of sp³-hybridized carbons (Fsp3) is 0.333. The summed E-state index contributed by atoms with van der Waals surface area (Å²) in [5.74, 6) is -0.588. The molecule has 1 atom stereocenters. The van der Waals surface area contributed by atoms with Crippen LogP contribution in [-0.4, -0.2) is 55.7 Å². The van der Waals surface area contributed by atoms with Crippen LogP contribution in [0, 0.1) is 0 Å². The van der Waals surface area contributed by atoms with Gasteiger partial charge in [-0.15, -0.1) is 0 Å². The normalized spacial score (nSPS) is 17.6. The van der Waals surface area contributed by atoms with Gasteiger partial charge in [-0.2, -0.15) is 0 Å². The summed E-state index contributed by atoms with van der Waals surface area (Å²) in [6.07, 6.45) is 0.547. The lowest BCUT2D eigenvalue weighted by atomic mass is 9.95. The Morgan fingerprint density at radius 3 is 2.44 bits per heavy atom. The molecule has 7 nitrogen and oxygen atoms in total. The van der Waals surface area contributed by atoms with Crippen molar-refractivity contribution in [1.29, 1.82) is 0 Å².